The molecule has 7 heteroatoms. The molecule has 1 N–H and O–H groups in total. The molecule has 0 aliphatic carbocycles. The van der Waals surface area contributed by atoms with Gasteiger partial charge in [0.1, 0.15) is 6.10 Å². The van der Waals surface area contributed by atoms with Crippen LogP contribution in [0, 0.1) is 11.8 Å². The smallest absolute Gasteiger partial charge is 0.264 e. The molecule has 6 nitrogen and oxygen atoms in total. The fourth-order valence-electron chi connectivity index (χ4n) is 2.42. The molecule has 0 saturated heterocycles. The maximum absolute atomic E-state index is 10.8. The highest BCUT2D eigenvalue weighted by molar-refractivity contribution is 7.85. The van der Waals surface area contributed by atoms with Gasteiger partial charge in [-0.3, -0.25) is 4.55 Å². The second-order valence-corrected chi connectivity index (χ2v) is 8.71. The first-order chi connectivity index (χ1) is 12.3. The van der Waals surface area contributed by atoms with Crippen molar-refractivity contribution in [3.05, 3.63) is 0 Å². The third kappa shape index (κ3) is 16.0. The van der Waals surface area contributed by atoms with E-state index < -0.39 is 10.1 Å². The zero-order valence-electron chi connectivity index (χ0n) is 17.1. The first kappa shape index (κ1) is 25.8. The number of unbranched alkanes of at least 4 members (excludes halogenated alkanes) is 1. The van der Waals surface area contributed by atoms with Crippen molar-refractivity contribution in [2.45, 2.75) is 72.3 Å². The largest absolute Gasteiger partial charge is 0.378 e. The van der Waals surface area contributed by atoms with Crippen LogP contribution < -0.4 is 0 Å². The molecule has 0 fully saturated rings. The van der Waals surface area contributed by atoms with Crippen LogP contribution in [0.1, 0.15) is 66.2 Å². The van der Waals surface area contributed by atoms with Crippen LogP contribution >= 0.6 is 0 Å². The van der Waals surface area contributed by atoms with E-state index in [1.54, 1.807) is 0 Å². The zero-order valence-corrected chi connectivity index (χ0v) is 17.9. The number of rotatable bonds is 18. The molecule has 0 rings (SSSR count). The Kier molecular flexibility index (Phi) is 15.7. The van der Waals surface area contributed by atoms with Gasteiger partial charge in [-0.05, 0) is 24.7 Å². The van der Waals surface area contributed by atoms with Gasteiger partial charge in [-0.15, -0.1) is 0 Å². The van der Waals surface area contributed by atoms with E-state index in [-0.39, 0.29) is 24.9 Å². The molecule has 3 unspecified atom stereocenters. The van der Waals surface area contributed by atoms with Gasteiger partial charge in [0, 0.05) is 19.8 Å². The van der Waals surface area contributed by atoms with Gasteiger partial charge in [0.25, 0.3) is 10.1 Å². The second kappa shape index (κ2) is 15.8. The Labute approximate surface area is 160 Å². The van der Waals surface area contributed by atoms with Gasteiger partial charge in [-0.25, -0.2) is 0 Å². The van der Waals surface area contributed by atoms with Crippen LogP contribution in [0.3, 0.4) is 0 Å². The molecule has 0 aromatic carbocycles. The minimum atomic E-state index is -3.94. The van der Waals surface area contributed by atoms with Crippen LogP contribution in [0.4, 0.5) is 0 Å². The predicted molar refractivity (Wildman–Crippen MR) is 105 cm³/mol. The quantitative estimate of drug-likeness (QED) is 0.279. The van der Waals surface area contributed by atoms with Crippen molar-refractivity contribution in [3.8, 4) is 0 Å². The van der Waals surface area contributed by atoms with Crippen LogP contribution in [0.5, 0.6) is 0 Å². The molecule has 0 spiro atoms. The molecule has 26 heavy (non-hydrogen) atoms. The van der Waals surface area contributed by atoms with Crippen LogP contribution in [0.25, 0.3) is 0 Å². The lowest BCUT2D eigenvalue weighted by atomic mass is 10.0. The summed E-state index contributed by atoms with van der Waals surface area (Å²) in [4.78, 5) is 0. The number of ether oxygens (including phenoxy) is 3. The SMILES string of the molecule is CCCCC(CC)COCC(COCC(C)CC)OCCCS(=O)(=O)O. The molecule has 158 valence electrons. The first-order valence-corrected chi connectivity index (χ1v) is 11.6. The minimum Gasteiger partial charge on any atom is -0.378 e. The van der Waals surface area contributed by atoms with E-state index in [1.807, 2.05) is 0 Å². The summed E-state index contributed by atoms with van der Waals surface area (Å²) in [6.45, 7) is 11.2. The minimum absolute atomic E-state index is 0.218. The lowest BCUT2D eigenvalue weighted by Gasteiger charge is -2.21. The number of hydrogen-bond donors (Lipinski definition) is 1. The Balaban J connectivity index is 4.24. The standard InChI is InChI=1S/C19H40O6S/c1-5-8-10-18(7-3)14-24-16-19(15-23-13-17(4)6-2)25-11-9-12-26(20,21)22/h17-19H,5-16H2,1-4H3,(H,20,21,22). The van der Waals surface area contributed by atoms with E-state index in [9.17, 15) is 8.42 Å². The van der Waals surface area contributed by atoms with E-state index in [2.05, 4.69) is 27.7 Å². The Morgan fingerprint density at radius 2 is 1.58 bits per heavy atom. The second-order valence-electron chi connectivity index (χ2n) is 7.14. The Bertz CT molecular complexity index is 412. The summed E-state index contributed by atoms with van der Waals surface area (Å²) in [6, 6.07) is 0. The Hall–Kier alpha value is -0.210. The van der Waals surface area contributed by atoms with Crippen molar-refractivity contribution in [1.29, 1.82) is 0 Å². The van der Waals surface area contributed by atoms with Crippen LogP contribution in [0.15, 0.2) is 0 Å². The van der Waals surface area contributed by atoms with Crippen molar-refractivity contribution in [2.75, 3.05) is 38.8 Å². The average Bonchev–Trinajstić information content (AvgIpc) is 2.59. The fourth-order valence-corrected chi connectivity index (χ4v) is 2.90. The van der Waals surface area contributed by atoms with Crippen molar-refractivity contribution < 1.29 is 27.2 Å². The van der Waals surface area contributed by atoms with Gasteiger partial charge < -0.3 is 14.2 Å². The average molecular weight is 397 g/mol. The molecule has 0 amide bonds. The molecule has 0 bridgehead atoms. The Morgan fingerprint density at radius 3 is 2.12 bits per heavy atom. The van der Waals surface area contributed by atoms with Crippen molar-refractivity contribution in [3.63, 3.8) is 0 Å². The summed E-state index contributed by atoms with van der Waals surface area (Å²) in [7, 11) is -3.94. The van der Waals surface area contributed by atoms with E-state index in [0.717, 1.165) is 12.8 Å². The van der Waals surface area contributed by atoms with Gasteiger partial charge in [0.05, 0.1) is 19.0 Å². The third-order valence-electron chi connectivity index (χ3n) is 4.50. The summed E-state index contributed by atoms with van der Waals surface area (Å²) < 4.78 is 47.6. The maximum atomic E-state index is 10.8. The van der Waals surface area contributed by atoms with E-state index >= 15 is 0 Å². The van der Waals surface area contributed by atoms with Crippen LogP contribution in [-0.4, -0.2) is 57.9 Å². The highest BCUT2D eigenvalue weighted by Gasteiger charge is 2.14. The molecule has 3 atom stereocenters. The molecule has 0 saturated carbocycles. The van der Waals surface area contributed by atoms with Gasteiger partial charge in [-0.2, -0.15) is 8.42 Å². The predicted octanol–water partition coefficient (Wildman–Crippen LogP) is 3.95. The highest BCUT2D eigenvalue weighted by atomic mass is 32.2. The molecular formula is C19H40O6S. The molecule has 0 aliphatic rings. The molecule has 0 heterocycles. The van der Waals surface area contributed by atoms with Crippen LogP contribution in [0.2, 0.25) is 0 Å². The first-order valence-electron chi connectivity index (χ1n) is 10.0. The third-order valence-corrected chi connectivity index (χ3v) is 5.31. The van der Waals surface area contributed by atoms with E-state index in [0.29, 0.717) is 38.3 Å². The summed E-state index contributed by atoms with van der Waals surface area (Å²) in [6.07, 6.45) is 5.79. The van der Waals surface area contributed by atoms with E-state index in [1.165, 1.54) is 19.3 Å². The Morgan fingerprint density at radius 1 is 0.923 bits per heavy atom. The highest BCUT2D eigenvalue weighted by Crippen LogP contribution is 2.13. The van der Waals surface area contributed by atoms with Gasteiger partial charge in [0.15, 0.2) is 0 Å². The van der Waals surface area contributed by atoms with Gasteiger partial charge >= 0.3 is 0 Å². The molecule has 0 aliphatic heterocycles. The fraction of sp³-hybridized carbons (Fsp3) is 1.00. The summed E-state index contributed by atoms with van der Waals surface area (Å²) in [5, 5.41) is 0. The van der Waals surface area contributed by atoms with E-state index in [4.69, 9.17) is 18.8 Å². The normalized spacial score (nSPS) is 15.7. The van der Waals surface area contributed by atoms with Crippen molar-refractivity contribution in [1.82, 2.24) is 0 Å². The summed E-state index contributed by atoms with van der Waals surface area (Å²) in [5.74, 6) is 0.772. The topological polar surface area (TPSA) is 82.1 Å². The molecule has 0 aromatic heterocycles. The summed E-state index contributed by atoms with van der Waals surface area (Å²) in [5.41, 5.74) is 0. The zero-order chi connectivity index (χ0) is 19.8. The van der Waals surface area contributed by atoms with Crippen molar-refractivity contribution in [2.24, 2.45) is 11.8 Å². The van der Waals surface area contributed by atoms with Gasteiger partial charge in [0.2, 0.25) is 0 Å². The van der Waals surface area contributed by atoms with Crippen LogP contribution in [-0.2, 0) is 24.3 Å². The summed E-state index contributed by atoms with van der Waals surface area (Å²) >= 11 is 0. The molecule has 0 radical (unpaired) electrons. The van der Waals surface area contributed by atoms with Crippen molar-refractivity contribution >= 4 is 10.1 Å². The van der Waals surface area contributed by atoms with Gasteiger partial charge in [-0.1, -0.05) is 53.4 Å². The lowest BCUT2D eigenvalue weighted by Crippen LogP contribution is -2.28. The molecular weight excluding hydrogens is 356 g/mol. The lowest BCUT2D eigenvalue weighted by molar-refractivity contribution is -0.0686. The monoisotopic (exact) mass is 396 g/mol. The number of hydrogen-bond acceptors (Lipinski definition) is 5. The maximum Gasteiger partial charge on any atom is 0.264 e. The molecule has 0 aromatic rings.